The number of amides is 1. The first kappa shape index (κ1) is 20.0. The molecule has 1 aromatic heterocycles. The highest BCUT2D eigenvalue weighted by Gasteiger charge is 2.21. The lowest BCUT2D eigenvalue weighted by Gasteiger charge is -2.32. The van der Waals surface area contributed by atoms with Crippen molar-refractivity contribution in [3.8, 4) is 11.4 Å². The van der Waals surface area contributed by atoms with E-state index in [1.807, 2.05) is 18.2 Å². The van der Waals surface area contributed by atoms with E-state index in [9.17, 15) is 9.18 Å². The van der Waals surface area contributed by atoms with Crippen molar-refractivity contribution in [3.63, 3.8) is 0 Å². The molecule has 9 heteroatoms. The Morgan fingerprint density at radius 2 is 1.97 bits per heavy atom. The molecule has 0 radical (unpaired) electrons. The van der Waals surface area contributed by atoms with Gasteiger partial charge in [0.05, 0.1) is 12.8 Å². The van der Waals surface area contributed by atoms with Crippen molar-refractivity contribution in [2.75, 3.05) is 20.2 Å². The largest absolute Gasteiger partial charge is 0.494 e. The zero-order valence-electron chi connectivity index (χ0n) is 16.7. The summed E-state index contributed by atoms with van der Waals surface area (Å²) >= 11 is 0. The minimum absolute atomic E-state index is 0.0889. The minimum Gasteiger partial charge on any atom is -0.494 e. The molecule has 30 heavy (non-hydrogen) atoms. The molecule has 1 saturated heterocycles. The van der Waals surface area contributed by atoms with E-state index in [1.165, 1.54) is 24.2 Å². The number of likely N-dealkylation sites (tertiary alicyclic amines) is 1. The second kappa shape index (κ2) is 9.00. The maximum atomic E-state index is 13.9. The molecule has 4 rings (SSSR count). The molecule has 0 spiro atoms. The molecule has 1 aliphatic rings. The number of nitrogens with one attached hydrogen (secondary N) is 1. The van der Waals surface area contributed by atoms with E-state index in [0.29, 0.717) is 12.1 Å². The van der Waals surface area contributed by atoms with Crippen LogP contribution in [-0.4, -0.2) is 57.3 Å². The van der Waals surface area contributed by atoms with E-state index in [1.54, 1.807) is 18.2 Å². The number of ether oxygens (including phenoxy) is 1. The van der Waals surface area contributed by atoms with Gasteiger partial charge in [-0.15, -0.1) is 5.10 Å². The number of piperidine rings is 1. The number of methoxy groups -OCH3 is 1. The summed E-state index contributed by atoms with van der Waals surface area (Å²) in [6.07, 6.45) is 3.21. The highest BCUT2D eigenvalue weighted by Crippen LogP contribution is 2.20. The minimum atomic E-state index is -0.344. The molecule has 0 bridgehead atoms. The Labute approximate surface area is 173 Å². The molecule has 156 valence electrons. The third kappa shape index (κ3) is 4.62. The van der Waals surface area contributed by atoms with Gasteiger partial charge < -0.3 is 10.1 Å². The summed E-state index contributed by atoms with van der Waals surface area (Å²) in [5.41, 5.74) is 2.31. The van der Waals surface area contributed by atoms with Gasteiger partial charge in [-0.3, -0.25) is 9.69 Å². The lowest BCUT2D eigenvalue weighted by molar-refractivity contribution is 0.0909. The summed E-state index contributed by atoms with van der Waals surface area (Å²) in [5.74, 6) is -0.177. The molecule has 0 aliphatic carbocycles. The zero-order valence-corrected chi connectivity index (χ0v) is 16.7. The molecular weight excluding hydrogens is 387 g/mol. The quantitative estimate of drug-likeness (QED) is 0.671. The van der Waals surface area contributed by atoms with Gasteiger partial charge in [0, 0.05) is 31.2 Å². The Hall–Kier alpha value is -3.33. The number of benzene rings is 2. The number of carbonyl (C=O) groups is 1. The topological polar surface area (TPSA) is 85.2 Å². The van der Waals surface area contributed by atoms with Gasteiger partial charge in [-0.25, -0.2) is 9.07 Å². The van der Waals surface area contributed by atoms with Crippen LogP contribution in [0.25, 0.3) is 5.69 Å². The van der Waals surface area contributed by atoms with E-state index in [0.717, 1.165) is 37.2 Å². The van der Waals surface area contributed by atoms with E-state index < -0.39 is 0 Å². The summed E-state index contributed by atoms with van der Waals surface area (Å²) in [6.45, 7) is 2.37. The summed E-state index contributed by atoms with van der Waals surface area (Å²) in [6, 6.07) is 12.3. The van der Waals surface area contributed by atoms with Crippen molar-refractivity contribution >= 4 is 5.91 Å². The average Bonchev–Trinajstić information content (AvgIpc) is 3.30. The third-order valence-electron chi connectivity index (χ3n) is 5.29. The molecule has 1 aliphatic heterocycles. The number of rotatable bonds is 6. The first-order valence-corrected chi connectivity index (χ1v) is 9.81. The van der Waals surface area contributed by atoms with Crippen molar-refractivity contribution in [1.29, 1.82) is 0 Å². The highest BCUT2D eigenvalue weighted by molar-refractivity contribution is 5.94. The van der Waals surface area contributed by atoms with Crippen LogP contribution in [0.3, 0.4) is 0 Å². The predicted molar refractivity (Wildman–Crippen MR) is 108 cm³/mol. The van der Waals surface area contributed by atoms with Gasteiger partial charge in [-0.05, 0) is 65.2 Å². The molecule has 1 fully saturated rings. The van der Waals surface area contributed by atoms with Crippen LogP contribution in [-0.2, 0) is 6.54 Å². The molecule has 2 aromatic carbocycles. The lowest BCUT2D eigenvalue weighted by Crippen LogP contribution is -2.44. The molecular formula is C21H23FN6O2. The lowest BCUT2D eigenvalue weighted by atomic mass is 10.0. The van der Waals surface area contributed by atoms with Crippen LogP contribution in [0.1, 0.15) is 28.8 Å². The van der Waals surface area contributed by atoms with Gasteiger partial charge in [-0.2, -0.15) is 0 Å². The SMILES string of the molecule is COc1ccc(CN2CCC(NC(=O)c3ccc(-n4cnnn4)cc3)CC2)cc1F. The summed E-state index contributed by atoms with van der Waals surface area (Å²) in [7, 11) is 1.46. The number of nitrogens with zero attached hydrogens (tertiary/aromatic N) is 5. The summed E-state index contributed by atoms with van der Waals surface area (Å²) in [5, 5.41) is 14.1. The van der Waals surface area contributed by atoms with Gasteiger partial charge in [0.1, 0.15) is 6.33 Å². The fourth-order valence-electron chi connectivity index (χ4n) is 3.62. The monoisotopic (exact) mass is 410 g/mol. The Bertz CT molecular complexity index is 985. The van der Waals surface area contributed by atoms with Crippen molar-refractivity contribution in [2.45, 2.75) is 25.4 Å². The molecule has 8 nitrogen and oxygen atoms in total. The molecule has 0 saturated carbocycles. The standard InChI is InChI=1S/C21H23FN6O2/c1-30-20-7-2-15(12-19(20)22)13-27-10-8-17(9-11-27)24-21(29)16-3-5-18(6-4-16)28-14-23-25-26-28/h2-7,12,14,17H,8-11,13H2,1H3,(H,24,29). The normalized spacial score (nSPS) is 15.1. The van der Waals surface area contributed by atoms with E-state index >= 15 is 0 Å². The van der Waals surface area contributed by atoms with Crippen molar-refractivity contribution in [3.05, 3.63) is 65.7 Å². The zero-order chi connectivity index (χ0) is 20.9. The molecule has 3 aromatic rings. The van der Waals surface area contributed by atoms with Gasteiger partial charge >= 0.3 is 0 Å². The second-order valence-electron chi connectivity index (χ2n) is 7.29. The number of tetrazole rings is 1. The molecule has 0 unspecified atom stereocenters. The smallest absolute Gasteiger partial charge is 0.251 e. The Balaban J connectivity index is 1.27. The second-order valence-corrected chi connectivity index (χ2v) is 7.29. The first-order valence-electron chi connectivity index (χ1n) is 9.81. The molecule has 1 N–H and O–H groups in total. The maximum Gasteiger partial charge on any atom is 0.251 e. The van der Waals surface area contributed by atoms with Crippen molar-refractivity contribution in [1.82, 2.24) is 30.4 Å². The van der Waals surface area contributed by atoms with E-state index in [4.69, 9.17) is 4.74 Å². The number of aromatic nitrogens is 4. The Kier molecular flexibility index (Phi) is 5.99. The summed E-state index contributed by atoms with van der Waals surface area (Å²) < 4.78 is 20.4. The van der Waals surface area contributed by atoms with Crippen molar-refractivity contribution in [2.24, 2.45) is 0 Å². The Morgan fingerprint density at radius 1 is 1.20 bits per heavy atom. The number of hydrogen-bond acceptors (Lipinski definition) is 6. The maximum absolute atomic E-state index is 13.9. The van der Waals surface area contributed by atoms with E-state index in [2.05, 4.69) is 25.7 Å². The average molecular weight is 410 g/mol. The van der Waals surface area contributed by atoms with Gasteiger partial charge in [0.25, 0.3) is 5.91 Å². The van der Waals surface area contributed by atoms with Gasteiger partial charge in [-0.1, -0.05) is 6.07 Å². The van der Waals surface area contributed by atoms with Gasteiger partial charge in [0.15, 0.2) is 11.6 Å². The van der Waals surface area contributed by atoms with Crippen LogP contribution < -0.4 is 10.1 Å². The van der Waals surface area contributed by atoms with Crippen LogP contribution in [0.5, 0.6) is 5.75 Å². The fourth-order valence-corrected chi connectivity index (χ4v) is 3.62. The number of halogens is 1. The van der Waals surface area contributed by atoms with Crippen LogP contribution in [0.2, 0.25) is 0 Å². The predicted octanol–water partition coefficient (Wildman–Crippen LogP) is 2.20. The van der Waals surface area contributed by atoms with Crippen molar-refractivity contribution < 1.29 is 13.9 Å². The Morgan fingerprint density at radius 3 is 2.60 bits per heavy atom. The third-order valence-corrected chi connectivity index (χ3v) is 5.29. The summed E-state index contributed by atoms with van der Waals surface area (Å²) in [4.78, 5) is 14.8. The molecule has 0 atom stereocenters. The fraction of sp³-hybridized carbons (Fsp3) is 0.333. The van der Waals surface area contributed by atoms with E-state index in [-0.39, 0.29) is 23.5 Å². The van der Waals surface area contributed by atoms with Crippen LogP contribution in [0.15, 0.2) is 48.8 Å². The highest BCUT2D eigenvalue weighted by atomic mass is 19.1. The van der Waals surface area contributed by atoms with Crippen LogP contribution in [0.4, 0.5) is 4.39 Å². The van der Waals surface area contributed by atoms with Crippen LogP contribution in [0, 0.1) is 5.82 Å². The van der Waals surface area contributed by atoms with Gasteiger partial charge in [0.2, 0.25) is 0 Å². The molecule has 2 heterocycles. The molecule has 1 amide bonds. The number of hydrogen-bond donors (Lipinski definition) is 1. The number of carbonyl (C=O) groups excluding carboxylic acids is 1. The van der Waals surface area contributed by atoms with Crippen LogP contribution >= 0.6 is 0 Å². The first-order chi connectivity index (χ1) is 14.6.